The molecule has 5 rings (SSSR count). The van der Waals surface area contributed by atoms with Crippen LogP contribution in [0.4, 0.5) is 5.82 Å². The van der Waals surface area contributed by atoms with Gasteiger partial charge in [0.1, 0.15) is 11.1 Å². The second-order valence-corrected chi connectivity index (χ2v) is 10.9. The molecule has 11 heteroatoms. The van der Waals surface area contributed by atoms with Crippen molar-refractivity contribution in [1.82, 2.24) is 19.8 Å². The molecule has 0 radical (unpaired) electrons. The van der Waals surface area contributed by atoms with Crippen LogP contribution in [0, 0.1) is 18.3 Å². The minimum atomic E-state index is -3.58. The molecule has 35 heavy (non-hydrogen) atoms. The number of nitrogens with zero attached hydrogens (tertiary/aromatic N) is 4. The van der Waals surface area contributed by atoms with E-state index >= 15 is 0 Å². The van der Waals surface area contributed by atoms with Crippen LogP contribution in [0.15, 0.2) is 22.9 Å². The molecule has 3 heterocycles. The van der Waals surface area contributed by atoms with Gasteiger partial charge in [0.25, 0.3) is 5.91 Å². The Bertz CT molecular complexity index is 1410. The first kappa shape index (κ1) is 23.2. The fourth-order valence-corrected chi connectivity index (χ4v) is 6.49. The number of fused-ring (bicyclic) bond motifs is 2. The van der Waals surface area contributed by atoms with E-state index in [-0.39, 0.29) is 23.4 Å². The van der Waals surface area contributed by atoms with Gasteiger partial charge >= 0.3 is 0 Å². The van der Waals surface area contributed by atoms with Crippen molar-refractivity contribution in [2.75, 3.05) is 17.6 Å². The summed E-state index contributed by atoms with van der Waals surface area (Å²) >= 11 is 0. The van der Waals surface area contributed by atoms with Gasteiger partial charge in [0, 0.05) is 5.56 Å². The number of terminal acetylenes is 1. The third-order valence-corrected chi connectivity index (χ3v) is 8.14. The Hall–Kier alpha value is -3.52. The first-order chi connectivity index (χ1) is 16.9. The van der Waals surface area contributed by atoms with Crippen molar-refractivity contribution in [2.24, 2.45) is 5.92 Å². The Kier molecular flexibility index (Phi) is 6.15. The molecule has 0 atom stereocenters. The minimum absolute atomic E-state index is 0.0748. The lowest BCUT2D eigenvalue weighted by atomic mass is 9.91. The van der Waals surface area contributed by atoms with Gasteiger partial charge in [0.05, 0.1) is 44.4 Å². The molecule has 184 valence electrons. The summed E-state index contributed by atoms with van der Waals surface area (Å²) in [4.78, 5) is 13.5. The summed E-state index contributed by atoms with van der Waals surface area (Å²) in [7, 11) is -2.07. The van der Waals surface area contributed by atoms with Crippen LogP contribution in [0.2, 0.25) is 0 Å². The van der Waals surface area contributed by atoms with Crippen LogP contribution >= 0.6 is 0 Å². The maximum absolute atomic E-state index is 12.8. The molecule has 1 aliphatic heterocycles. The summed E-state index contributed by atoms with van der Waals surface area (Å²) in [5, 5.41) is 8.90. The van der Waals surface area contributed by atoms with Crippen molar-refractivity contribution in [3.05, 3.63) is 35.2 Å². The number of rotatable bonds is 7. The van der Waals surface area contributed by atoms with Crippen molar-refractivity contribution in [3.8, 4) is 18.1 Å². The summed E-state index contributed by atoms with van der Waals surface area (Å²) < 4.78 is 41.1. The highest BCUT2D eigenvalue weighted by Crippen LogP contribution is 2.35. The van der Waals surface area contributed by atoms with Gasteiger partial charge in [-0.15, -0.1) is 6.42 Å². The van der Waals surface area contributed by atoms with Crippen LogP contribution in [0.5, 0.6) is 5.75 Å². The Labute approximate surface area is 203 Å². The van der Waals surface area contributed by atoms with Crippen LogP contribution < -0.4 is 9.46 Å². The number of amides is 1. The SMILES string of the molecule is C#CC(=O)N1Cc2cnn(Cc3cc(OC)c4c(NS(=O)(=O)CC5CCCCC5)noc4c3)c2C1. The minimum Gasteiger partial charge on any atom is -0.496 e. The summed E-state index contributed by atoms with van der Waals surface area (Å²) in [6, 6.07) is 3.60. The molecule has 2 aliphatic rings. The van der Waals surface area contributed by atoms with Crippen LogP contribution in [0.3, 0.4) is 0 Å². The normalized spacial score (nSPS) is 16.3. The Morgan fingerprint density at radius 2 is 2.09 bits per heavy atom. The molecule has 0 spiro atoms. The highest BCUT2D eigenvalue weighted by Gasteiger charge is 2.27. The number of methoxy groups -OCH3 is 1. The van der Waals surface area contributed by atoms with Gasteiger partial charge in [0.2, 0.25) is 10.0 Å². The monoisotopic (exact) mass is 497 g/mol. The van der Waals surface area contributed by atoms with Crippen molar-refractivity contribution in [3.63, 3.8) is 0 Å². The van der Waals surface area contributed by atoms with Gasteiger partial charge in [-0.05, 0) is 42.4 Å². The molecular formula is C24H27N5O5S. The van der Waals surface area contributed by atoms with Crippen LogP contribution in [0.1, 0.15) is 48.9 Å². The average molecular weight is 498 g/mol. The van der Waals surface area contributed by atoms with Crippen LogP contribution in [0.25, 0.3) is 11.0 Å². The van der Waals surface area contributed by atoms with E-state index in [0.717, 1.165) is 42.5 Å². The van der Waals surface area contributed by atoms with Crippen molar-refractivity contribution in [2.45, 2.75) is 51.7 Å². The van der Waals surface area contributed by atoms with E-state index in [1.807, 2.05) is 10.7 Å². The molecule has 1 saturated carbocycles. The van der Waals surface area contributed by atoms with Crippen LogP contribution in [-0.2, 0) is 34.5 Å². The predicted molar refractivity (Wildman–Crippen MR) is 129 cm³/mol. The zero-order valence-corrected chi connectivity index (χ0v) is 20.3. The number of benzene rings is 1. The van der Waals surface area contributed by atoms with Crippen molar-refractivity contribution in [1.29, 1.82) is 0 Å². The molecule has 1 amide bonds. The largest absolute Gasteiger partial charge is 0.496 e. The van der Waals surface area contributed by atoms with E-state index in [9.17, 15) is 13.2 Å². The smallest absolute Gasteiger partial charge is 0.298 e. The molecule has 0 saturated heterocycles. The maximum Gasteiger partial charge on any atom is 0.298 e. The third-order valence-electron chi connectivity index (χ3n) is 6.73. The first-order valence-electron chi connectivity index (χ1n) is 11.6. The summed E-state index contributed by atoms with van der Waals surface area (Å²) in [5.41, 5.74) is 3.11. The van der Waals surface area contributed by atoms with Gasteiger partial charge in [-0.25, -0.2) is 8.42 Å². The lowest BCUT2D eigenvalue weighted by molar-refractivity contribution is -0.125. The van der Waals surface area contributed by atoms with Gasteiger partial charge < -0.3 is 14.2 Å². The molecule has 10 nitrogen and oxygen atoms in total. The maximum atomic E-state index is 12.8. The van der Waals surface area contributed by atoms with E-state index in [1.54, 1.807) is 17.2 Å². The predicted octanol–water partition coefficient (Wildman–Crippen LogP) is 2.88. The Balaban J connectivity index is 1.37. The molecule has 3 aromatic rings. The molecular weight excluding hydrogens is 470 g/mol. The Morgan fingerprint density at radius 3 is 2.83 bits per heavy atom. The number of ether oxygens (including phenoxy) is 1. The van der Waals surface area contributed by atoms with Gasteiger partial charge in [0.15, 0.2) is 11.4 Å². The molecule has 0 unspecified atom stereocenters. The number of hydrogen-bond donors (Lipinski definition) is 1. The number of nitrogens with one attached hydrogen (secondary N) is 1. The van der Waals surface area contributed by atoms with E-state index in [1.165, 1.54) is 13.5 Å². The van der Waals surface area contributed by atoms with E-state index in [2.05, 4.69) is 20.9 Å². The molecule has 1 aliphatic carbocycles. The zero-order valence-electron chi connectivity index (χ0n) is 19.5. The number of carbonyl (C=O) groups is 1. The number of sulfonamides is 1. The van der Waals surface area contributed by atoms with E-state index in [0.29, 0.717) is 36.4 Å². The number of carbonyl (C=O) groups excluding carboxylic acids is 1. The molecule has 2 aromatic heterocycles. The zero-order chi connectivity index (χ0) is 24.6. The fourth-order valence-electron chi connectivity index (χ4n) is 5.02. The summed E-state index contributed by atoms with van der Waals surface area (Å²) in [6.45, 7) is 1.24. The molecule has 1 N–H and O–H groups in total. The second kappa shape index (κ2) is 9.26. The van der Waals surface area contributed by atoms with Crippen molar-refractivity contribution >= 4 is 32.7 Å². The molecule has 1 aromatic carbocycles. The lowest BCUT2D eigenvalue weighted by Gasteiger charge is -2.21. The number of aromatic nitrogens is 3. The highest BCUT2D eigenvalue weighted by molar-refractivity contribution is 7.92. The second-order valence-electron chi connectivity index (χ2n) is 9.17. The van der Waals surface area contributed by atoms with Crippen LogP contribution in [-0.4, -0.2) is 47.0 Å². The van der Waals surface area contributed by atoms with E-state index < -0.39 is 10.0 Å². The van der Waals surface area contributed by atoms with Gasteiger partial charge in [-0.1, -0.05) is 24.4 Å². The summed E-state index contributed by atoms with van der Waals surface area (Å²) in [5.74, 6) is 2.61. The quantitative estimate of drug-likeness (QED) is 0.499. The summed E-state index contributed by atoms with van der Waals surface area (Å²) in [6.07, 6.45) is 12.2. The Morgan fingerprint density at radius 1 is 1.29 bits per heavy atom. The average Bonchev–Trinajstić information content (AvgIpc) is 3.54. The highest BCUT2D eigenvalue weighted by atomic mass is 32.2. The number of anilines is 1. The topological polar surface area (TPSA) is 120 Å². The first-order valence-corrected chi connectivity index (χ1v) is 13.3. The lowest BCUT2D eigenvalue weighted by Crippen LogP contribution is -2.24. The molecule has 1 fully saturated rings. The van der Waals surface area contributed by atoms with Gasteiger partial charge in [-0.2, -0.15) is 5.10 Å². The van der Waals surface area contributed by atoms with Crippen molar-refractivity contribution < 1.29 is 22.5 Å². The van der Waals surface area contributed by atoms with E-state index in [4.69, 9.17) is 15.7 Å². The standard InChI is InChI=1S/C24H27N5O5S/c1-3-22(30)28-13-18-11-25-29(19(18)14-28)12-17-9-20(33-2)23-21(10-17)34-26-24(23)27-35(31,32)15-16-7-5-4-6-8-16/h1,9-11,16H,4-8,12-15H2,2H3,(H,26,27). The number of hydrogen-bond acceptors (Lipinski definition) is 7. The fraction of sp³-hybridized carbons (Fsp3) is 0.458. The molecule has 0 bridgehead atoms. The third kappa shape index (κ3) is 4.71. The van der Waals surface area contributed by atoms with Gasteiger partial charge in [-0.3, -0.25) is 14.2 Å².